The molecule has 1 aromatic rings. The smallest absolute Gasteiger partial charge is 0.0545 e. The first kappa shape index (κ1) is 11.9. The van der Waals surface area contributed by atoms with Crippen LogP contribution in [0.4, 0.5) is 0 Å². The zero-order valence-electron chi connectivity index (χ0n) is 9.92. The Morgan fingerprint density at radius 1 is 1.18 bits per heavy atom. The summed E-state index contributed by atoms with van der Waals surface area (Å²) >= 11 is 8.31. The average Bonchev–Trinajstić information content (AvgIpc) is 3.17. The highest BCUT2D eigenvalue weighted by Crippen LogP contribution is 2.42. The molecule has 1 atom stereocenters. The van der Waals surface area contributed by atoms with E-state index in [4.69, 9.17) is 11.6 Å². The van der Waals surface area contributed by atoms with E-state index in [1.54, 1.807) is 0 Å². The lowest BCUT2D eigenvalue weighted by molar-refractivity contribution is 0.412. The normalized spacial score (nSPS) is 24.9. The minimum atomic E-state index is 0.515. The quantitative estimate of drug-likeness (QED) is 0.871. The number of thioether (sulfide) groups is 1. The molecule has 1 heterocycles. The van der Waals surface area contributed by atoms with Crippen molar-refractivity contribution in [1.82, 2.24) is 5.32 Å². The largest absolute Gasteiger partial charge is 0.310 e. The van der Waals surface area contributed by atoms with Gasteiger partial charge in [0.2, 0.25) is 0 Å². The van der Waals surface area contributed by atoms with Crippen molar-refractivity contribution in [3.63, 3.8) is 0 Å². The zero-order valence-corrected chi connectivity index (χ0v) is 11.5. The van der Waals surface area contributed by atoms with Crippen LogP contribution in [-0.4, -0.2) is 11.8 Å². The lowest BCUT2D eigenvalue weighted by Crippen LogP contribution is -2.26. The Morgan fingerprint density at radius 2 is 2.06 bits per heavy atom. The molecule has 0 spiro atoms. The molecule has 2 aliphatic rings. The Kier molecular flexibility index (Phi) is 3.64. The second-order valence-electron chi connectivity index (χ2n) is 5.01. The summed E-state index contributed by atoms with van der Waals surface area (Å²) in [5, 5.41) is 5.33. The minimum absolute atomic E-state index is 0.515. The van der Waals surface area contributed by atoms with Gasteiger partial charge in [0, 0.05) is 16.2 Å². The van der Waals surface area contributed by atoms with Crippen LogP contribution in [0.3, 0.4) is 0 Å². The number of hydrogen-bond donors (Lipinski definition) is 1. The van der Waals surface area contributed by atoms with Gasteiger partial charge in [0.25, 0.3) is 0 Å². The van der Waals surface area contributed by atoms with Crippen LogP contribution in [0, 0.1) is 0 Å². The van der Waals surface area contributed by atoms with E-state index in [0.717, 1.165) is 16.8 Å². The topological polar surface area (TPSA) is 12.0 Å². The summed E-state index contributed by atoms with van der Waals surface area (Å²) < 4.78 is 0. The van der Waals surface area contributed by atoms with Gasteiger partial charge in [0.05, 0.1) is 5.02 Å². The molecule has 0 aromatic heterocycles. The summed E-state index contributed by atoms with van der Waals surface area (Å²) in [6.45, 7) is 1.14. The molecule has 0 radical (unpaired) electrons. The average molecular weight is 268 g/mol. The summed E-state index contributed by atoms with van der Waals surface area (Å²) in [4.78, 5) is 1.26. The highest BCUT2D eigenvalue weighted by molar-refractivity contribution is 8.00. The van der Waals surface area contributed by atoms with Crippen LogP contribution in [0.5, 0.6) is 0 Å². The predicted octanol–water partition coefficient (Wildman–Crippen LogP) is 4.41. The number of nitrogens with one attached hydrogen (secondary N) is 1. The number of rotatable bonds is 3. The third-order valence-electron chi connectivity index (χ3n) is 3.49. The standard InChI is InChI=1S/C14H18ClNS/c15-12-9-10(13-3-1-2-8-16-13)4-7-14(12)17-11-5-6-11/h4,7,9,11,13,16H,1-3,5-6,8H2. The first-order chi connectivity index (χ1) is 8.33. The van der Waals surface area contributed by atoms with E-state index < -0.39 is 0 Å². The molecule has 92 valence electrons. The molecule has 1 aliphatic carbocycles. The van der Waals surface area contributed by atoms with Gasteiger partial charge in [-0.05, 0) is 49.9 Å². The van der Waals surface area contributed by atoms with E-state index in [1.165, 1.54) is 42.6 Å². The van der Waals surface area contributed by atoms with E-state index >= 15 is 0 Å². The Bertz CT molecular complexity index is 397. The van der Waals surface area contributed by atoms with Crippen molar-refractivity contribution < 1.29 is 0 Å². The molecule has 1 unspecified atom stereocenters. The Morgan fingerprint density at radius 3 is 2.71 bits per heavy atom. The molecule has 2 fully saturated rings. The van der Waals surface area contributed by atoms with Crippen LogP contribution in [0.1, 0.15) is 43.7 Å². The summed E-state index contributed by atoms with van der Waals surface area (Å²) in [6.07, 6.45) is 6.58. The van der Waals surface area contributed by atoms with Crippen molar-refractivity contribution in [2.75, 3.05) is 6.54 Å². The van der Waals surface area contributed by atoms with Crippen LogP contribution in [0.25, 0.3) is 0 Å². The van der Waals surface area contributed by atoms with Crippen molar-refractivity contribution in [2.24, 2.45) is 0 Å². The van der Waals surface area contributed by atoms with Gasteiger partial charge in [-0.1, -0.05) is 24.1 Å². The maximum Gasteiger partial charge on any atom is 0.0545 e. The number of hydrogen-bond acceptors (Lipinski definition) is 2. The zero-order chi connectivity index (χ0) is 11.7. The molecule has 1 saturated carbocycles. The molecule has 1 aromatic carbocycles. The van der Waals surface area contributed by atoms with Crippen LogP contribution in [0.15, 0.2) is 23.1 Å². The molecule has 3 rings (SSSR count). The number of piperidine rings is 1. The molecule has 1 N–H and O–H groups in total. The fraction of sp³-hybridized carbons (Fsp3) is 0.571. The molecule has 1 nitrogen and oxygen atoms in total. The second-order valence-corrected chi connectivity index (χ2v) is 6.76. The monoisotopic (exact) mass is 267 g/mol. The summed E-state index contributed by atoms with van der Waals surface area (Å²) in [6, 6.07) is 7.13. The molecule has 3 heteroatoms. The van der Waals surface area contributed by atoms with Crippen LogP contribution in [0.2, 0.25) is 5.02 Å². The first-order valence-corrected chi connectivity index (χ1v) is 7.78. The third-order valence-corrected chi connectivity index (χ3v) is 5.33. The van der Waals surface area contributed by atoms with Gasteiger partial charge in [0.15, 0.2) is 0 Å². The third kappa shape index (κ3) is 2.98. The van der Waals surface area contributed by atoms with Crippen molar-refractivity contribution in [1.29, 1.82) is 0 Å². The first-order valence-electron chi connectivity index (χ1n) is 6.52. The van der Waals surface area contributed by atoms with E-state index in [-0.39, 0.29) is 0 Å². The summed E-state index contributed by atoms with van der Waals surface area (Å²) in [5.74, 6) is 0. The summed E-state index contributed by atoms with van der Waals surface area (Å²) in [7, 11) is 0. The molecule has 0 amide bonds. The van der Waals surface area contributed by atoms with Crippen molar-refractivity contribution in [2.45, 2.75) is 48.3 Å². The Labute approximate surface area is 112 Å². The van der Waals surface area contributed by atoms with E-state index in [0.29, 0.717) is 6.04 Å². The maximum absolute atomic E-state index is 6.37. The van der Waals surface area contributed by atoms with E-state index in [1.807, 2.05) is 11.8 Å². The molecule has 17 heavy (non-hydrogen) atoms. The van der Waals surface area contributed by atoms with E-state index in [9.17, 15) is 0 Å². The van der Waals surface area contributed by atoms with Gasteiger partial charge < -0.3 is 5.32 Å². The fourth-order valence-electron chi connectivity index (χ4n) is 2.33. The number of benzene rings is 1. The molecule has 0 bridgehead atoms. The highest BCUT2D eigenvalue weighted by Gasteiger charge is 2.24. The van der Waals surface area contributed by atoms with Crippen molar-refractivity contribution in [3.05, 3.63) is 28.8 Å². The van der Waals surface area contributed by atoms with Gasteiger partial charge >= 0.3 is 0 Å². The second kappa shape index (κ2) is 5.21. The highest BCUT2D eigenvalue weighted by atomic mass is 35.5. The van der Waals surface area contributed by atoms with Gasteiger partial charge in [0.1, 0.15) is 0 Å². The van der Waals surface area contributed by atoms with Gasteiger partial charge in [-0.3, -0.25) is 0 Å². The molecular weight excluding hydrogens is 250 g/mol. The predicted molar refractivity (Wildman–Crippen MR) is 74.9 cm³/mol. The number of halogens is 1. The minimum Gasteiger partial charge on any atom is -0.310 e. The van der Waals surface area contributed by atoms with Crippen LogP contribution < -0.4 is 5.32 Å². The lowest BCUT2D eigenvalue weighted by atomic mass is 9.98. The van der Waals surface area contributed by atoms with Crippen LogP contribution >= 0.6 is 23.4 Å². The molecular formula is C14H18ClNS. The molecule has 1 saturated heterocycles. The molecule has 1 aliphatic heterocycles. The van der Waals surface area contributed by atoms with E-state index in [2.05, 4.69) is 23.5 Å². The summed E-state index contributed by atoms with van der Waals surface area (Å²) in [5.41, 5.74) is 1.36. The van der Waals surface area contributed by atoms with Crippen LogP contribution in [-0.2, 0) is 0 Å². The van der Waals surface area contributed by atoms with Gasteiger partial charge in [-0.25, -0.2) is 0 Å². The fourth-order valence-corrected chi connectivity index (χ4v) is 3.70. The van der Waals surface area contributed by atoms with Crippen molar-refractivity contribution >= 4 is 23.4 Å². The SMILES string of the molecule is Clc1cc(C2CCCCN2)ccc1SC1CC1. The Balaban J connectivity index is 1.74. The van der Waals surface area contributed by atoms with Crippen molar-refractivity contribution in [3.8, 4) is 0 Å². The maximum atomic E-state index is 6.37. The van der Waals surface area contributed by atoms with Gasteiger partial charge in [-0.15, -0.1) is 11.8 Å². The Hall–Kier alpha value is -0.180. The lowest BCUT2D eigenvalue weighted by Gasteiger charge is -2.24. The van der Waals surface area contributed by atoms with Gasteiger partial charge in [-0.2, -0.15) is 0 Å².